The van der Waals surface area contributed by atoms with Gasteiger partial charge in [0.15, 0.2) is 0 Å². The zero-order chi connectivity index (χ0) is 14.5. The highest BCUT2D eigenvalue weighted by atomic mass is 32.1. The van der Waals surface area contributed by atoms with Crippen molar-refractivity contribution < 1.29 is 0 Å². The Hall–Kier alpha value is -1.16. The SMILES string of the molecule is CCn1cnc2sc3c(c2c1=O)CCC(C(C)(C)C)C3. The van der Waals surface area contributed by atoms with E-state index < -0.39 is 0 Å². The van der Waals surface area contributed by atoms with E-state index in [0.29, 0.717) is 17.9 Å². The molecule has 3 nitrogen and oxygen atoms in total. The van der Waals surface area contributed by atoms with Gasteiger partial charge in [-0.2, -0.15) is 0 Å². The third-order valence-corrected chi connectivity index (χ3v) is 5.76. The molecule has 4 heteroatoms. The summed E-state index contributed by atoms with van der Waals surface area (Å²) in [6.07, 6.45) is 5.00. The van der Waals surface area contributed by atoms with Crippen molar-refractivity contribution in [1.82, 2.24) is 9.55 Å². The van der Waals surface area contributed by atoms with Crippen LogP contribution in [0.15, 0.2) is 11.1 Å². The van der Waals surface area contributed by atoms with Crippen LogP contribution in [0.5, 0.6) is 0 Å². The normalized spacial score (nSPS) is 19.3. The Morgan fingerprint density at radius 1 is 1.45 bits per heavy atom. The Kier molecular flexibility index (Phi) is 3.24. The summed E-state index contributed by atoms with van der Waals surface area (Å²) < 4.78 is 1.71. The van der Waals surface area contributed by atoms with Crippen LogP contribution in [0.2, 0.25) is 0 Å². The third kappa shape index (κ3) is 2.10. The largest absolute Gasteiger partial charge is 0.299 e. The van der Waals surface area contributed by atoms with E-state index in [-0.39, 0.29) is 5.56 Å². The molecule has 1 aliphatic carbocycles. The average molecular weight is 290 g/mol. The first kappa shape index (κ1) is 13.8. The standard InChI is InChI=1S/C16H22N2OS/c1-5-18-9-17-14-13(15(18)19)11-7-6-10(16(2,3)4)8-12(11)20-14/h9-10H,5-8H2,1-4H3. The minimum atomic E-state index is 0.143. The lowest BCUT2D eigenvalue weighted by molar-refractivity contribution is 0.218. The lowest BCUT2D eigenvalue weighted by atomic mass is 9.72. The fraction of sp³-hybridized carbons (Fsp3) is 0.625. The van der Waals surface area contributed by atoms with Gasteiger partial charge >= 0.3 is 0 Å². The van der Waals surface area contributed by atoms with Gasteiger partial charge in [-0.15, -0.1) is 11.3 Å². The molecule has 2 heterocycles. The van der Waals surface area contributed by atoms with Gasteiger partial charge in [0.1, 0.15) is 4.83 Å². The zero-order valence-electron chi connectivity index (χ0n) is 12.7. The Labute approximate surface area is 123 Å². The maximum Gasteiger partial charge on any atom is 0.262 e. The molecular weight excluding hydrogens is 268 g/mol. The molecule has 0 aromatic carbocycles. The molecule has 0 saturated carbocycles. The molecule has 0 bridgehead atoms. The number of fused-ring (bicyclic) bond motifs is 3. The maximum atomic E-state index is 12.5. The molecule has 0 aliphatic heterocycles. The van der Waals surface area contributed by atoms with Gasteiger partial charge in [0.25, 0.3) is 5.56 Å². The van der Waals surface area contributed by atoms with Gasteiger partial charge in [0.05, 0.1) is 11.7 Å². The van der Waals surface area contributed by atoms with Gasteiger partial charge in [-0.05, 0) is 43.1 Å². The minimum Gasteiger partial charge on any atom is -0.299 e. The Bertz CT molecular complexity index is 706. The molecule has 1 unspecified atom stereocenters. The van der Waals surface area contributed by atoms with Crippen molar-refractivity contribution in [2.75, 3.05) is 0 Å². The van der Waals surface area contributed by atoms with Crippen molar-refractivity contribution >= 4 is 21.6 Å². The molecule has 0 saturated heterocycles. The van der Waals surface area contributed by atoms with E-state index in [1.165, 1.54) is 16.9 Å². The van der Waals surface area contributed by atoms with Gasteiger partial charge in [-0.1, -0.05) is 20.8 Å². The molecule has 108 valence electrons. The Morgan fingerprint density at radius 2 is 2.20 bits per heavy atom. The van der Waals surface area contributed by atoms with E-state index in [2.05, 4.69) is 25.8 Å². The summed E-state index contributed by atoms with van der Waals surface area (Å²) in [5.74, 6) is 0.705. The van der Waals surface area contributed by atoms with Crippen LogP contribution >= 0.6 is 11.3 Å². The third-order valence-electron chi connectivity index (χ3n) is 4.60. The smallest absolute Gasteiger partial charge is 0.262 e. The van der Waals surface area contributed by atoms with E-state index >= 15 is 0 Å². The second-order valence-electron chi connectivity index (χ2n) is 6.83. The van der Waals surface area contributed by atoms with Crippen molar-refractivity contribution in [2.45, 2.75) is 53.5 Å². The highest BCUT2D eigenvalue weighted by Crippen LogP contribution is 2.41. The van der Waals surface area contributed by atoms with E-state index in [0.717, 1.165) is 23.1 Å². The minimum absolute atomic E-state index is 0.143. The van der Waals surface area contributed by atoms with Crippen molar-refractivity contribution in [3.63, 3.8) is 0 Å². The highest BCUT2D eigenvalue weighted by Gasteiger charge is 2.31. The summed E-state index contributed by atoms with van der Waals surface area (Å²) in [7, 11) is 0. The number of hydrogen-bond donors (Lipinski definition) is 0. The van der Waals surface area contributed by atoms with Crippen molar-refractivity contribution in [3.05, 3.63) is 27.1 Å². The van der Waals surface area contributed by atoms with E-state index in [1.54, 1.807) is 22.2 Å². The van der Waals surface area contributed by atoms with Gasteiger partial charge < -0.3 is 0 Å². The van der Waals surface area contributed by atoms with Gasteiger partial charge in [0.2, 0.25) is 0 Å². The van der Waals surface area contributed by atoms with Crippen LogP contribution in [-0.2, 0) is 19.4 Å². The summed E-state index contributed by atoms with van der Waals surface area (Å²) in [5.41, 5.74) is 1.76. The lowest BCUT2D eigenvalue weighted by Gasteiger charge is -2.33. The van der Waals surface area contributed by atoms with Crippen LogP contribution in [0.1, 0.15) is 44.6 Å². The number of rotatable bonds is 1. The predicted octanol–water partition coefficient (Wildman–Crippen LogP) is 3.63. The van der Waals surface area contributed by atoms with Crippen molar-refractivity contribution in [1.29, 1.82) is 0 Å². The second-order valence-corrected chi connectivity index (χ2v) is 7.91. The van der Waals surface area contributed by atoms with Crippen LogP contribution in [0.4, 0.5) is 0 Å². The molecule has 2 aromatic heterocycles. The molecule has 0 spiro atoms. The molecule has 20 heavy (non-hydrogen) atoms. The predicted molar refractivity (Wildman–Crippen MR) is 84.5 cm³/mol. The molecular formula is C16H22N2OS. The van der Waals surface area contributed by atoms with Crippen LogP contribution in [0.3, 0.4) is 0 Å². The summed E-state index contributed by atoms with van der Waals surface area (Å²) in [6.45, 7) is 9.63. The van der Waals surface area contributed by atoms with E-state index in [9.17, 15) is 4.79 Å². The molecule has 1 atom stereocenters. The number of thiophene rings is 1. The fourth-order valence-electron chi connectivity index (χ4n) is 3.17. The Morgan fingerprint density at radius 3 is 2.85 bits per heavy atom. The van der Waals surface area contributed by atoms with Crippen LogP contribution < -0.4 is 5.56 Å². The molecule has 2 aromatic rings. The average Bonchev–Trinajstić information content (AvgIpc) is 2.76. The van der Waals surface area contributed by atoms with Crippen molar-refractivity contribution in [2.24, 2.45) is 11.3 Å². The lowest BCUT2D eigenvalue weighted by Crippen LogP contribution is -2.27. The molecule has 0 N–H and O–H groups in total. The maximum absolute atomic E-state index is 12.5. The van der Waals surface area contributed by atoms with Crippen LogP contribution in [-0.4, -0.2) is 9.55 Å². The number of hydrogen-bond acceptors (Lipinski definition) is 3. The number of nitrogens with zero attached hydrogens (tertiary/aromatic N) is 2. The fourth-order valence-corrected chi connectivity index (χ4v) is 4.42. The van der Waals surface area contributed by atoms with E-state index in [4.69, 9.17) is 0 Å². The van der Waals surface area contributed by atoms with E-state index in [1.807, 2.05) is 6.92 Å². The quantitative estimate of drug-likeness (QED) is 0.804. The zero-order valence-corrected chi connectivity index (χ0v) is 13.5. The summed E-state index contributed by atoms with van der Waals surface area (Å²) in [6, 6.07) is 0. The van der Waals surface area contributed by atoms with Crippen molar-refractivity contribution in [3.8, 4) is 0 Å². The molecule has 0 radical (unpaired) electrons. The number of aromatic nitrogens is 2. The first-order chi connectivity index (χ1) is 9.41. The van der Waals surface area contributed by atoms with Gasteiger partial charge in [-0.25, -0.2) is 4.98 Å². The number of aryl methyl sites for hydroxylation is 2. The first-order valence-electron chi connectivity index (χ1n) is 7.41. The first-order valence-corrected chi connectivity index (χ1v) is 8.23. The molecule has 0 fully saturated rings. The molecule has 1 aliphatic rings. The highest BCUT2D eigenvalue weighted by molar-refractivity contribution is 7.18. The summed E-state index contributed by atoms with van der Waals surface area (Å²) in [5, 5.41) is 0.890. The molecule has 0 amide bonds. The van der Waals surface area contributed by atoms with Crippen LogP contribution in [0, 0.1) is 11.3 Å². The van der Waals surface area contributed by atoms with Gasteiger partial charge in [0, 0.05) is 11.4 Å². The molecule has 3 rings (SSSR count). The Balaban J connectivity index is 2.13. The van der Waals surface area contributed by atoms with Gasteiger partial charge in [-0.3, -0.25) is 9.36 Å². The topological polar surface area (TPSA) is 34.9 Å². The summed E-state index contributed by atoms with van der Waals surface area (Å²) in [4.78, 5) is 19.3. The second kappa shape index (κ2) is 4.69. The summed E-state index contributed by atoms with van der Waals surface area (Å²) >= 11 is 1.73. The van der Waals surface area contributed by atoms with Crippen LogP contribution in [0.25, 0.3) is 10.2 Å². The monoisotopic (exact) mass is 290 g/mol.